The second kappa shape index (κ2) is 4.85. The van der Waals surface area contributed by atoms with Crippen LogP contribution >= 0.6 is 27.0 Å². The monoisotopic (exact) mass is 278 g/mol. The Kier molecular flexibility index (Phi) is 4.43. The lowest BCUT2D eigenvalue weighted by molar-refractivity contribution is -0.897. The van der Waals surface area contributed by atoms with Crippen LogP contribution in [0, 0.1) is 0 Å². The first-order valence-corrected chi connectivity index (χ1v) is 8.77. The summed E-state index contributed by atoms with van der Waals surface area (Å²) in [7, 11) is -9.55. The molecule has 0 spiro atoms. The van der Waals surface area contributed by atoms with Crippen molar-refractivity contribution < 1.29 is 33.6 Å². The molecule has 0 aliphatic carbocycles. The maximum Gasteiger partial charge on any atom is 0.395 e. The van der Waals surface area contributed by atoms with E-state index >= 15 is 0 Å². The quantitative estimate of drug-likeness (QED) is 0.389. The topological polar surface area (TPSA) is 120 Å². The average Bonchev–Trinajstić information content (AvgIpc) is 2.00. The lowest BCUT2D eigenvalue weighted by atomic mass is 10.5. The Hall–Kier alpha value is 0.610. The van der Waals surface area contributed by atoms with Crippen molar-refractivity contribution in [2.24, 2.45) is 0 Å². The van der Waals surface area contributed by atoms with Crippen LogP contribution in [0.5, 0.6) is 0 Å². The van der Waals surface area contributed by atoms with Gasteiger partial charge < -0.3 is 24.5 Å². The van der Waals surface area contributed by atoms with Crippen LogP contribution in [0.3, 0.4) is 0 Å². The molecule has 1 aliphatic heterocycles. The molecule has 0 unspecified atom stereocenters. The first-order valence-electron chi connectivity index (χ1n) is 4.25. The van der Waals surface area contributed by atoms with Crippen LogP contribution in [0.2, 0.25) is 0 Å². The van der Waals surface area contributed by atoms with Crippen molar-refractivity contribution in [1.29, 1.82) is 0 Å². The zero-order chi connectivity index (χ0) is 11.7. The summed E-state index contributed by atoms with van der Waals surface area (Å²) in [5.41, 5.74) is -1.90. The van der Waals surface area contributed by atoms with Crippen LogP contribution in [0.1, 0.15) is 0 Å². The fourth-order valence-electron chi connectivity index (χ4n) is 1.56. The number of nitrogens with one attached hydrogen (secondary N) is 1. The molecule has 0 aromatic carbocycles. The molecule has 5 N–H and O–H groups in total. The van der Waals surface area contributed by atoms with Crippen LogP contribution in [-0.4, -0.2) is 49.7 Å². The molecular formula is C5H14NO6P2S+. The molecule has 1 saturated heterocycles. The van der Waals surface area contributed by atoms with Gasteiger partial charge in [0.05, 0.1) is 13.1 Å². The summed E-state index contributed by atoms with van der Waals surface area (Å²) >= 11 is 1.61. The van der Waals surface area contributed by atoms with Gasteiger partial charge in [0.2, 0.25) is 0 Å². The summed E-state index contributed by atoms with van der Waals surface area (Å²) in [6.07, 6.45) is 0. The summed E-state index contributed by atoms with van der Waals surface area (Å²) in [4.78, 5) is 36.1. The molecule has 0 amide bonds. The van der Waals surface area contributed by atoms with Gasteiger partial charge in [0.1, 0.15) is 0 Å². The molecule has 1 fully saturated rings. The highest BCUT2D eigenvalue weighted by molar-refractivity contribution is 7.99. The summed E-state index contributed by atoms with van der Waals surface area (Å²) in [6.45, 7) is 0.733. The van der Waals surface area contributed by atoms with E-state index in [1.165, 1.54) is 0 Å². The Morgan fingerprint density at radius 2 is 1.40 bits per heavy atom. The van der Waals surface area contributed by atoms with Crippen LogP contribution in [0.4, 0.5) is 0 Å². The molecular weight excluding hydrogens is 264 g/mol. The van der Waals surface area contributed by atoms with E-state index in [4.69, 9.17) is 19.6 Å². The molecule has 0 saturated carbocycles. The van der Waals surface area contributed by atoms with Crippen molar-refractivity contribution in [3.05, 3.63) is 0 Å². The molecule has 0 atom stereocenters. The van der Waals surface area contributed by atoms with Crippen molar-refractivity contribution in [3.8, 4) is 0 Å². The predicted octanol–water partition coefficient (Wildman–Crippen LogP) is -1.74. The smallest absolute Gasteiger partial charge is 0.320 e. The Balaban J connectivity index is 2.91. The lowest BCUT2D eigenvalue weighted by Gasteiger charge is -2.31. The third-order valence-corrected chi connectivity index (χ3v) is 6.93. The van der Waals surface area contributed by atoms with Gasteiger partial charge in [-0.25, -0.2) is 0 Å². The van der Waals surface area contributed by atoms with E-state index in [-0.39, 0.29) is 0 Å². The Morgan fingerprint density at radius 3 is 1.73 bits per heavy atom. The molecule has 7 nitrogen and oxygen atoms in total. The van der Waals surface area contributed by atoms with Crippen molar-refractivity contribution >= 4 is 27.0 Å². The van der Waals surface area contributed by atoms with Gasteiger partial charge >= 0.3 is 15.2 Å². The van der Waals surface area contributed by atoms with Crippen molar-refractivity contribution in [2.75, 3.05) is 24.6 Å². The number of quaternary nitrogens is 1. The number of hydrogen-bond acceptors (Lipinski definition) is 3. The average molecular weight is 278 g/mol. The Bertz CT molecular complexity index is 285. The predicted molar refractivity (Wildman–Crippen MR) is 55.9 cm³/mol. The van der Waals surface area contributed by atoms with Crippen molar-refractivity contribution in [2.45, 2.75) is 5.52 Å². The maximum atomic E-state index is 11.1. The minimum Gasteiger partial charge on any atom is -0.320 e. The van der Waals surface area contributed by atoms with Crippen LogP contribution < -0.4 is 4.90 Å². The summed E-state index contributed by atoms with van der Waals surface area (Å²) in [6, 6.07) is 0. The fourth-order valence-corrected chi connectivity index (χ4v) is 5.62. The summed E-state index contributed by atoms with van der Waals surface area (Å²) in [5.74, 6) is 1.32. The van der Waals surface area contributed by atoms with Gasteiger partial charge in [-0.2, -0.15) is 11.8 Å². The zero-order valence-corrected chi connectivity index (χ0v) is 10.4. The highest BCUT2D eigenvalue weighted by Crippen LogP contribution is 2.56. The molecule has 0 radical (unpaired) electrons. The molecule has 1 rings (SSSR count). The fraction of sp³-hybridized carbons (Fsp3) is 1.00. The SMILES string of the molecule is O=P(O)(O)C([NH+]1CCSCC1)P(=O)(O)O. The van der Waals surface area contributed by atoms with E-state index in [0.29, 0.717) is 29.5 Å². The molecule has 1 aliphatic rings. The Labute approximate surface area is 91.2 Å². The Morgan fingerprint density at radius 1 is 1.00 bits per heavy atom. The molecule has 15 heavy (non-hydrogen) atoms. The van der Waals surface area contributed by atoms with Crippen LogP contribution in [0.15, 0.2) is 0 Å². The third-order valence-electron chi connectivity index (χ3n) is 2.14. The molecule has 90 valence electrons. The molecule has 1 heterocycles. The zero-order valence-electron chi connectivity index (χ0n) is 7.81. The van der Waals surface area contributed by atoms with Gasteiger partial charge in [-0.05, 0) is 0 Å². The second-order valence-corrected chi connectivity index (χ2v) is 8.34. The highest BCUT2D eigenvalue weighted by atomic mass is 32.2. The van der Waals surface area contributed by atoms with E-state index in [2.05, 4.69) is 0 Å². The van der Waals surface area contributed by atoms with E-state index in [1.807, 2.05) is 0 Å². The first-order chi connectivity index (χ1) is 6.73. The van der Waals surface area contributed by atoms with Gasteiger partial charge in [-0.3, -0.25) is 9.13 Å². The molecule has 0 aromatic rings. The number of hydrogen-bond donors (Lipinski definition) is 5. The molecule has 0 bridgehead atoms. The van der Waals surface area contributed by atoms with Gasteiger partial charge in [0.15, 0.2) is 0 Å². The largest absolute Gasteiger partial charge is 0.395 e. The highest BCUT2D eigenvalue weighted by Gasteiger charge is 2.51. The minimum atomic E-state index is -4.78. The third kappa shape index (κ3) is 3.84. The van der Waals surface area contributed by atoms with Gasteiger partial charge in [0.25, 0.3) is 5.52 Å². The normalized spacial score (nSPS) is 20.9. The van der Waals surface area contributed by atoms with Crippen molar-refractivity contribution in [1.82, 2.24) is 0 Å². The molecule has 10 heteroatoms. The van der Waals surface area contributed by atoms with Crippen molar-refractivity contribution in [3.63, 3.8) is 0 Å². The van der Waals surface area contributed by atoms with E-state index in [1.54, 1.807) is 11.8 Å². The summed E-state index contributed by atoms with van der Waals surface area (Å²) < 4.78 is 22.1. The maximum absolute atomic E-state index is 11.1. The lowest BCUT2D eigenvalue weighted by Crippen LogP contribution is -3.16. The standard InChI is InChI=1S/C5H13NO6P2S/c7-13(8,9)5(14(10,11)12)6-1-3-15-4-2-6/h5H,1-4H2,(H2,7,8,9)(H2,10,11,12)/p+1. The van der Waals surface area contributed by atoms with Crippen LogP contribution in [-0.2, 0) is 9.13 Å². The summed E-state index contributed by atoms with van der Waals surface area (Å²) in [5, 5.41) is 0. The second-order valence-electron chi connectivity index (χ2n) is 3.32. The van der Waals surface area contributed by atoms with Gasteiger partial charge in [-0.15, -0.1) is 0 Å². The minimum absolute atomic E-state index is 0.301. The number of rotatable bonds is 3. The van der Waals surface area contributed by atoms with E-state index in [0.717, 1.165) is 0 Å². The van der Waals surface area contributed by atoms with Gasteiger partial charge in [-0.1, -0.05) is 0 Å². The van der Waals surface area contributed by atoms with Crippen LogP contribution in [0.25, 0.3) is 0 Å². The van der Waals surface area contributed by atoms with Gasteiger partial charge in [0, 0.05) is 11.5 Å². The first kappa shape index (κ1) is 13.7. The molecule has 0 aromatic heterocycles. The number of thioether (sulfide) groups is 1. The van der Waals surface area contributed by atoms with E-state index < -0.39 is 20.7 Å². The van der Waals surface area contributed by atoms with E-state index in [9.17, 15) is 9.13 Å².